The Hall–Kier alpha value is -3.61. The molecule has 4 aromatic rings. The smallest absolute Gasteiger partial charge is 0.280 e. The second kappa shape index (κ2) is 9.26. The molecule has 0 unspecified atom stereocenters. The van der Waals surface area contributed by atoms with Crippen LogP contribution in [0.25, 0.3) is 16.6 Å². The summed E-state index contributed by atoms with van der Waals surface area (Å²) in [4.78, 5) is 21.2. The molecule has 6 nitrogen and oxygen atoms in total. The maximum absolute atomic E-state index is 13.3. The number of ether oxygens (including phenoxy) is 1. The Balaban J connectivity index is 1.60. The van der Waals surface area contributed by atoms with Gasteiger partial charge in [0.05, 0.1) is 18.4 Å². The van der Waals surface area contributed by atoms with E-state index in [0.717, 1.165) is 47.2 Å². The number of fused-ring (bicyclic) bond motifs is 1. The van der Waals surface area contributed by atoms with Crippen LogP contribution in [0.1, 0.15) is 37.1 Å². The quantitative estimate of drug-likeness (QED) is 0.391. The normalized spacial score (nSPS) is 11.9. The van der Waals surface area contributed by atoms with E-state index in [0.29, 0.717) is 23.5 Å². The van der Waals surface area contributed by atoms with Crippen LogP contribution in [-0.4, -0.2) is 34.1 Å². The Morgan fingerprint density at radius 3 is 2.66 bits per heavy atom. The SMILES string of the molecule is CCCc1[nH]n(-c2ccc(F)cc2)c(=O)c1C(C)=NCCc1c[nH]c2ccc(OC)cc12. The number of methoxy groups -OCH3 is 1. The number of aliphatic imine (C=N–C) groups is 1. The first-order valence-corrected chi connectivity index (χ1v) is 10.8. The molecule has 2 aromatic carbocycles. The first kappa shape index (κ1) is 21.6. The fourth-order valence-electron chi connectivity index (χ4n) is 3.97. The molecule has 0 spiro atoms. The molecule has 2 N–H and O–H groups in total. The van der Waals surface area contributed by atoms with E-state index >= 15 is 0 Å². The zero-order valence-electron chi connectivity index (χ0n) is 18.5. The number of H-pyrrole nitrogens is 2. The predicted molar refractivity (Wildman–Crippen MR) is 126 cm³/mol. The summed E-state index contributed by atoms with van der Waals surface area (Å²) in [7, 11) is 1.66. The number of hydrogen-bond acceptors (Lipinski definition) is 3. The molecule has 0 atom stereocenters. The third-order valence-corrected chi connectivity index (χ3v) is 5.62. The second-order valence-electron chi connectivity index (χ2n) is 7.77. The van der Waals surface area contributed by atoms with Gasteiger partial charge in [-0.05, 0) is 67.8 Å². The molecule has 0 amide bonds. The van der Waals surface area contributed by atoms with Crippen LogP contribution in [0.5, 0.6) is 5.75 Å². The highest BCUT2D eigenvalue weighted by Gasteiger charge is 2.17. The minimum atomic E-state index is -0.338. The molecule has 0 saturated heterocycles. The highest BCUT2D eigenvalue weighted by atomic mass is 19.1. The van der Waals surface area contributed by atoms with Gasteiger partial charge in [-0.15, -0.1) is 0 Å². The zero-order chi connectivity index (χ0) is 22.7. The zero-order valence-corrected chi connectivity index (χ0v) is 18.5. The number of aromatic nitrogens is 3. The topological polar surface area (TPSA) is 75.2 Å². The van der Waals surface area contributed by atoms with Gasteiger partial charge in [0, 0.05) is 35.1 Å². The summed E-state index contributed by atoms with van der Waals surface area (Å²) in [5.41, 5.74) is 4.78. The van der Waals surface area contributed by atoms with E-state index < -0.39 is 0 Å². The Morgan fingerprint density at radius 1 is 1.16 bits per heavy atom. The Labute approximate surface area is 185 Å². The van der Waals surface area contributed by atoms with E-state index in [1.807, 2.05) is 31.3 Å². The van der Waals surface area contributed by atoms with Crippen LogP contribution in [0.2, 0.25) is 0 Å². The highest BCUT2D eigenvalue weighted by Crippen LogP contribution is 2.24. The number of aromatic amines is 2. The van der Waals surface area contributed by atoms with Gasteiger partial charge in [-0.1, -0.05) is 13.3 Å². The number of rotatable bonds is 8. The average Bonchev–Trinajstić information content (AvgIpc) is 3.34. The summed E-state index contributed by atoms with van der Waals surface area (Å²) in [6.07, 6.45) is 4.36. The summed E-state index contributed by atoms with van der Waals surface area (Å²) in [5, 5.41) is 4.31. The lowest BCUT2D eigenvalue weighted by molar-refractivity contribution is 0.415. The van der Waals surface area contributed by atoms with E-state index in [2.05, 4.69) is 17.0 Å². The number of hydrogen-bond donors (Lipinski definition) is 2. The maximum atomic E-state index is 13.3. The van der Waals surface area contributed by atoms with Crippen LogP contribution in [0, 0.1) is 5.82 Å². The molecule has 2 heterocycles. The minimum absolute atomic E-state index is 0.168. The molecule has 0 saturated carbocycles. The number of benzene rings is 2. The lowest BCUT2D eigenvalue weighted by Gasteiger charge is -2.03. The van der Waals surface area contributed by atoms with Crippen LogP contribution < -0.4 is 10.3 Å². The van der Waals surface area contributed by atoms with Crippen LogP contribution in [-0.2, 0) is 12.8 Å². The van der Waals surface area contributed by atoms with Crippen LogP contribution in [0.15, 0.2) is 58.4 Å². The van der Waals surface area contributed by atoms with Gasteiger partial charge in [0.25, 0.3) is 5.56 Å². The van der Waals surface area contributed by atoms with Crippen molar-refractivity contribution in [2.24, 2.45) is 4.99 Å². The third-order valence-electron chi connectivity index (χ3n) is 5.62. The molecule has 166 valence electrons. The van der Waals surface area contributed by atoms with Crippen LogP contribution in [0.4, 0.5) is 4.39 Å². The van der Waals surface area contributed by atoms with Gasteiger partial charge in [0.15, 0.2) is 0 Å². The van der Waals surface area contributed by atoms with Crippen molar-refractivity contribution in [3.63, 3.8) is 0 Å². The molecule has 0 radical (unpaired) electrons. The van der Waals surface area contributed by atoms with Crippen molar-refractivity contribution in [1.82, 2.24) is 14.8 Å². The molecule has 0 bridgehead atoms. The van der Waals surface area contributed by atoms with E-state index in [9.17, 15) is 9.18 Å². The fourth-order valence-corrected chi connectivity index (χ4v) is 3.97. The molecule has 4 rings (SSSR count). The van der Waals surface area contributed by atoms with Crippen molar-refractivity contribution in [2.45, 2.75) is 33.1 Å². The largest absolute Gasteiger partial charge is 0.497 e. The van der Waals surface area contributed by atoms with Gasteiger partial charge < -0.3 is 9.72 Å². The Morgan fingerprint density at radius 2 is 1.94 bits per heavy atom. The van der Waals surface area contributed by atoms with Gasteiger partial charge in [0.2, 0.25) is 0 Å². The molecule has 7 heteroatoms. The molecular weight excluding hydrogens is 407 g/mol. The molecular formula is C25H27FN4O2. The van der Waals surface area contributed by atoms with E-state index in [1.54, 1.807) is 19.2 Å². The standard InChI is InChI=1S/C25H27FN4O2/c1-4-5-23-24(25(31)30(29-23)19-8-6-18(26)7-9-19)16(2)27-13-12-17-15-28-22-11-10-20(32-3)14-21(17)22/h6-11,14-15,28-29H,4-5,12-13H2,1-3H3. The monoisotopic (exact) mass is 434 g/mol. The summed E-state index contributed by atoms with van der Waals surface area (Å²) in [6, 6.07) is 11.8. The maximum Gasteiger partial charge on any atom is 0.280 e. The van der Waals surface area contributed by atoms with Gasteiger partial charge in [-0.2, -0.15) is 0 Å². The Bertz CT molecular complexity index is 1310. The predicted octanol–water partition coefficient (Wildman–Crippen LogP) is 4.80. The van der Waals surface area contributed by atoms with Crippen molar-refractivity contribution < 1.29 is 9.13 Å². The fraction of sp³-hybridized carbons (Fsp3) is 0.280. The second-order valence-corrected chi connectivity index (χ2v) is 7.77. The minimum Gasteiger partial charge on any atom is -0.497 e. The van der Waals surface area contributed by atoms with Gasteiger partial charge in [0.1, 0.15) is 11.6 Å². The van der Waals surface area contributed by atoms with Gasteiger partial charge in [-0.25, -0.2) is 9.07 Å². The summed E-state index contributed by atoms with van der Waals surface area (Å²) < 4.78 is 20.1. The van der Waals surface area contributed by atoms with Crippen molar-refractivity contribution in [3.8, 4) is 11.4 Å². The average molecular weight is 435 g/mol. The highest BCUT2D eigenvalue weighted by molar-refractivity contribution is 5.99. The molecule has 0 fully saturated rings. The third kappa shape index (κ3) is 4.23. The van der Waals surface area contributed by atoms with Gasteiger partial charge >= 0.3 is 0 Å². The molecule has 0 aliphatic rings. The molecule has 2 aromatic heterocycles. The summed E-state index contributed by atoms with van der Waals surface area (Å²) in [6.45, 7) is 4.49. The lowest BCUT2D eigenvalue weighted by atomic mass is 10.1. The van der Waals surface area contributed by atoms with Crippen molar-refractivity contribution in [2.75, 3.05) is 13.7 Å². The van der Waals surface area contributed by atoms with Crippen LogP contribution in [0.3, 0.4) is 0 Å². The van der Waals surface area contributed by atoms with Crippen molar-refractivity contribution >= 4 is 16.6 Å². The molecule has 0 aliphatic carbocycles. The number of halogens is 1. The number of nitrogens with zero attached hydrogens (tertiary/aromatic N) is 2. The first-order valence-electron chi connectivity index (χ1n) is 10.8. The lowest BCUT2D eigenvalue weighted by Crippen LogP contribution is -2.20. The van der Waals surface area contributed by atoms with E-state index in [-0.39, 0.29) is 11.4 Å². The van der Waals surface area contributed by atoms with Crippen LogP contribution >= 0.6 is 0 Å². The summed E-state index contributed by atoms with van der Waals surface area (Å²) >= 11 is 0. The van der Waals surface area contributed by atoms with E-state index in [4.69, 9.17) is 9.73 Å². The molecule has 32 heavy (non-hydrogen) atoms. The van der Waals surface area contributed by atoms with Crippen molar-refractivity contribution in [1.29, 1.82) is 0 Å². The number of aryl methyl sites for hydroxylation is 1. The number of nitrogens with one attached hydrogen (secondary N) is 2. The Kier molecular flexibility index (Phi) is 6.25. The van der Waals surface area contributed by atoms with E-state index in [1.165, 1.54) is 16.8 Å². The molecule has 0 aliphatic heterocycles. The summed E-state index contributed by atoms with van der Waals surface area (Å²) in [5.74, 6) is 0.478. The van der Waals surface area contributed by atoms with Gasteiger partial charge in [-0.3, -0.25) is 14.9 Å². The first-order chi connectivity index (χ1) is 15.5. The van der Waals surface area contributed by atoms with Crippen molar-refractivity contribution in [3.05, 3.63) is 81.7 Å².